The topological polar surface area (TPSA) is 84.4 Å². The van der Waals surface area contributed by atoms with E-state index in [0.29, 0.717) is 5.69 Å². The molecule has 0 bridgehead atoms. The predicted octanol–water partition coefficient (Wildman–Crippen LogP) is 1.48. The van der Waals surface area contributed by atoms with Crippen LogP contribution in [0.4, 0.5) is 17.1 Å². The van der Waals surface area contributed by atoms with E-state index in [4.69, 9.17) is 5.84 Å². The van der Waals surface area contributed by atoms with E-state index in [1.807, 2.05) is 0 Å². The van der Waals surface area contributed by atoms with E-state index in [1.165, 1.54) is 18.9 Å². The third-order valence-electron chi connectivity index (χ3n) is 2.80. The molecule has 0 unspecified atom stereocenters. The predicted molar refractivity (Wildman–Crippen MR) is 62.4 cm³/mol. The summed E-state index contributed by atoms with van der Waals surface area (Å²) in [4.78, 5) is 12.5. The maximum Gasteiger partial charge on any atom is 0.293 e. The first kappa shape index (κ1) is 10.7. The number of nitrogens with one attached hydrogen (secondary N) is 1. The van der Waals surface area contributed by atoms with E-state index < -0.39 is 4.92 Å². The molecule has 0 aliphatic carbocycles. The first-order chi connectivity index (χ1) is 7.72. The highest BCUT2D eigenvalue weighted by atomic mass is 16.6. The Bertz CT molecular complexity index is 402. The van der Waals surface area contributed by atoms with E-state index in [1.54, 1.807) is 12.1 Å². The Morgan fingerprint density at radius 2 is 2.06 bits per heavy atom. The Balaban J connectivity index is 2.32. The summed E-state index contributed by atoms with van der Waals surface area (Å²) in [5.74, 6) is 5.28. The van der Waals surface area contributed by atoms with Crippen molar-refractivity contribution in [3.8, 4) is 0 Å². The zero-order chi connectivity index (χ0) is 11.5. The number of nitro groups is 1. The smallest absolute Gasteiger partial charge is 0.293 e. The van der Waals surface area contributed by atoms with Gasteiger partial charge in [0.2, 0.25) is 0 Å². The highest BCUT2D eigenvalue weighted by Crippen LogP contribution is 2.30. The largest absolute Gasteiger partial charge is 0.371 e. The second kappa shape index (κ2) is 4.36. The number of nitrogens with two attached hydrogens (primary N) is 1. The highest BCUT2D eigenvalue weighted by molar-refractivity contribution is 5.68. The Labute approximate surface area is 93.2 Å². The highest BCUT2D eigenvalue weighted by Gasteiger charge is 2.17. The minimum Gasteiger partial charge on any atom is -0.371 e. The van der Waals surface area contributed by atoms with Crippen molar-refractivity contribution in [2.75, 3.05) is 23.4 Å². The molecule has 0 aromatic heterocycles. The molecule has 6 nitrogen and oxygen atoms in total. The van der Waals surface area contributed by atoms with Gasteiger partial charge in [-0.05, 0) is 25.0 Å². The van der Waals surface area contributed by atoms with Crippen LogP contribution in [0.1, 0.15) is 12.8 Å². The molecule has 16 heavy (non-hydrogen) atoms. The zero-order valence-electron chi connectivity index (χ0n) is 8.85. The van der Waals surface area contributed by atoms with Crippen molar-refractivity contribution in [1.82, 2.24) is 0 Å². The minimum atomic E-state index is -0.442. The van der Waals surface area contributed by atoms with E-state index >= 15 is 0 Å². The second-order valence-electron chi connectivity index (χ2n) is 3.80. The third kappa shape index (κ3) is 1.92. The summed E-state index contributed by atoms with van der Waals surface area (Å²) in [6, 6.07) is 4.98. The molecule has 2 rings (SSSR count). The van der Waals surface area contributed by atoms with E-state index in [9.17, 15) is 10.1 Å². The number of nitrogens with zero attached hydrogens (tertiary/aromatic N) is 2. The van der Waals surface area contributed by atoms with Crippen molar-refractivity contribution < 1.29 is 4.92 Å². The van der Waals surface area contributed by atoms with Gasteiger partial charge in [-0.2, -0.15) is 0 Å². The van der Waals surface area contributed by atoms with Crippen LogP contribution < -0.4 is 16.2 Å². The molecule has 1 aliphatic heterocycles. The minimum absolute atomic E-state index is 0.00504. The van der Waals surface area contributed by atoms with Gasteiger partial charge in [-0.1, -0.05) is 0 Å². The Hall–Kier alpha value is -1.82. The summed E-state index contributed by atoms with van der Waals surface area (Å²) in [6.07, 6.45) is 2.34. The van der Waals surface area contributed by atoms with Crippen molar-refractivity contribution in [3.63, 3.8) is 0 Å². The van der Waals surface area contributed by atoms with E-state index in [0.717, 1.165) is 18.8 Å². The van der Waals surface area contributed by atoms with Gasteiger partial charge in [0.15, 0.2) is 0 Å². The van der Waals surface area contributed by atoms with Gasteiger partial charge >= 0.3 is 0 Å². The van der Waals surface area contributed by atoms with Crippen molar-refractivity contribution >= 4 is 17.1 Å². The maximum absolute atomic E-state index is 10.7. The summed E-state index contributed by atoms with van der Waals surface area (Å²) in [7, 11) is 0. The van der Waals surface area contributed by atoms with Gasteiger partial charge in [0.1, 0.15) is 5.69 Å². The number of nitro benzene ring substituents is 1. The first-order valence-corrected chi connectivity index (χ1v) is 5.22. The van der Waals surface area contributed by atoms with Crippen LogP contribution in [0.5, 0.6) is 0 Å². The molecule has 6 heteroatoms. The van der Waals surface area contributed by atoms with Crippen LogP contribution in [0.3, 0.4) is 0 Å². The molecule has 0 atom stereocenters. The monoisotopic (exact) mass is 222 g/mol. The van der Waals surface area contributed by atoms with Crippen molar-refractivity contribution in [2.24, 2.45) is 5.84 Å². The molecule has 0 saturated carbocycles. The molecule has 1 heterocycles. The first-order valence-electron chi connectivity index (χ1n) is 5.22. The van der Waals surface area contributed by atoms with Crippen LogP contribution >= 0.6 is 0 Å². The van der Waals surface area contributed by atoms with Gasteiger partial charge in [-0.3, -0.25) is 16.0 Å². The van der Waals surface area contributed by atoms with Crippen LogP contribution in [0.25, 0.3) is 0 Å². The van der Waals surface area contributed by atoms with Gasteiger partial charge in [-0.25, -0.2) is 0 Å². The summed E-state index contributed by atoms with van der Waals surface area (Å²) in [6.45, 7) is 2.00. The fourth-order valence-corrected chi connectivity index (χ4v) is 1.97. The molecule has 1 fully saturated rings. The average molecular weight is 222 g/mol. The Morgan fingerprint density at radius 1 is 1.38 bits per heavy atom. The molecule has 1 saturated heterocycles. The van der Waals surface area contributed by atoms with Gasteiger partial charge < -0.3 is 10.3 Å². The SMILES string of the molecule is NNc1cc(N2CCCC2)ccc1[N+](=O)[O-]. The molecule has 1 aromatic carbocycles. The lowest BCUT2D eigenvalue weighted by Gasteiger charge is -2.18. The molecule has 86 valence electrons. The second-order valence-corrected chi connectivity index (χ2v) is 3.80. The fourth-order valence-electron chi connectivity index (χ4n) is 1.97. The summed E-state index contributed by atoms with van der Waals surface area (Å²) >= 11 is 0. The number of nitrogen functional groups attached to an aromatic ring is 1. The number of hydrazine groups is 1. The lowest BCUT2D eigenvalue weighted by molar-refractivity contribution is -0.383. The van der Waals surface area contributed by atoms with Crippen molar-refractivity contribution in [2.45, 2.75) is 12.8 Å². The van der Waals surface area contributed by atoms with Gasteiger partial charge in [-0.15, -0.1) is 0 Å². The van der Waals surface area contributed by atoms with Gasteiger partial charge in [0.05, 0.1) is 4.92 Å². The molecule has 1 aromatic rings. The third-order valence-corrected chi connectivity index (χ3v) is 2.80. The average Bonchev–Trinajstić information content (AvgIpc) is 2.81. The van der Waals surface area contributed by atoms with E-state index in [2.05, 4.69) is 10.3 Å². The van der Waals surface area contributed by atoms with Crippen molar-refractivity contribution in [3.05, 3.63) is 28.3 Å². The van der Waals surface area contributed by atoms with Crippen LogP contribution in [0.2, 0.25) is 0 Å². The van der Waals surface area contributed by atoms with Gasteiger partial charge in [0.25, 0.3) is 5.69 Å². The molecule has 0 amide bonds. The standard InChI is InChI=1S/C10H14N4O2/c11-12-9-7-8(13-5-1-2-6-13)3-4-10(9)14(15)16/h3-4,7,12H,1-2,5-6,11H2. The molecule has 0 spiro atoms. The van der Waals surface area contributed by atoms with Crippen LogP contribution in [0.15, 0.2) is 18.2 Å². The Morgan fingerprint density at radius 3 is 2.62 bits per heavy atom. The summed E-state index contributed by atoms with van der Waals surface area (Å²) in [5, 5.41) is 10.7. The maximum atomic E-state index is 10.7. The summed E-state index contributed by atoms with van der Waals surface area (Å²) in [5.41, 5.74) is 3.72. The number of hydrogen-bond donors (Lipinski definition) is 2. The molecule has 0 radical (unpaired) electrons. The number of anilines is 2. The van der Waals surface area contributed by atoms with Crippen molar-refractivity contribution in [1.29, 1.82) is 0 Å². The lowest BCUT2D eigenvalue weighted by atomic mass is 10.2. The Kier molecular flexibility index (Phi) is 2.91. The fraction of sp³-hybridized carbons (Fsp3) is 0.400. The summed E-state index contributed by atoms with van der Waals surface area (Å²) < 4.78 is 0. The number of rotatable bonds is 3. The van der Waals surface area contributed by atoms with Crippen LogP contribution in [-0.2, 0) is 0 Å². The molecular weight excluding hydrogens is 208 g/mol. The molecule has 3 N–H and O–H groups in total. The van der Waals surface area contributed by atoms with E-state index in [-0.39, 0.29) is 5.69 Å². The van der Waals surface area contributed by atoms with Gasteiger partial charge in [0, 0.05) is 24.8 Å². The van der Waals surface area contributed by atoms with Crippen LogP contribution in [0, 0.1) is 10.1 Å². The normalized spacial score (nSPS) is 15.2. The zero-order valence-corrected chi connectivity index (χ0v) is 8.85. The quantitative estimate of drug-likeness (QED) is 0.459. The number of hydrogen-bond acceptors (Lipinski definition) is 5. The molecular formula is C10H14N4O2. The lowest BCUT2D eigenvalue weighted by Crippen LogP contribution is -2.18. The number of benzene rings is 1. The van der Waals surface area contributed by atoms with Crippen LogP contribution in [-0.4, -0.2) is 18.0 Å². The molecule has 1 aliphatic rings.